The van der Waals surface area contributed by atoms with Gasteiger partial charge in [-0.15, -0.1) is 0 Å². The molecule has 0 bridgehead atoms. The molecule has 1 aromatic carbocycles. The van der Waals surface area contributed by atoms with Crippen LogP contribution in [0.1, 0.15) is 19.3 Å². The topological polar surface area (TPSA) is 15.3 Å². The molecule has 0 aliphatic carbocycles. The summed E-state index contributed by atoms with van der Waals surface area (Å²) in [5, 5.41) is 4.34. The number of nitrogens with one attached hydrogen (secondary N) is 1. The van der Waals surface area contributed by atoms with Crippen molar-refractivity contribution < 1.29 is 0 Å². The number of hydrogen-bond donors (Lipinski definition) is 1. The molecular weight excluding hydrogens is 300 g/mol. The average molecular weight is 318 g/mol. The minimum atomic E-state index is 0.567. The predicted octanol–water partition coefficient (Wildman–Crippen LogP) is 4.00. The molecule has 0 amide bonds. The van der Waals surface area contributed by atoms with Crippen molar-refractivity contribution in [2.24, 2.45) is 0 Å². The molecule has 1 heterocycles. The fourth-order valence-corrected chi connectivity index (χ4v) is 2.63. The number of rotatable bonds is 2. The van der Waals surface area contributed by atoms with Crippen LogP contribution in [0, 0.1) is 0 Å². The first kappa shape index (κ1) is 13.2. The molecule has 4 heteroatoms. The van der Waals surface area contributed by atoms with E-state index < -0.39 is 0 Å². The lowest BCUT2D eigenvalue weighted by molar-refractivity contribution is 0.348. The van der Waals surface area contributed by atoms with E-state index in [1.165, 1.54) is 32.4 Å². The lowest BCUT2D eigenvalue weighted by Gasteiger charge is -2.18. The molecule has 1 aliphatic rings. The quantitative estimate of drug-likeness (QED) is 0.887. The number of halogens is 2. The van der Waals surface area contributed by atoms with Crippen LogP contribution < -0.4 is 5.32 Å². The van der Waals surface area contributed by atoms with E-state index in [0.717, 1.165) is 15.2 Å². The molecule has 94 valence electrons. The van der Waals surface area contributed by atoms with Crippen molar-refractivity contribution in [2.75, 3.05) is 25.5 Å². The SMILES string of the molecule is CN1CCCC(Nc2ccc(Br)c(Cl)c2)CC1. The summed E-state index contributed by atoms with van der Waals surface area (Å²) < 4.78 is 0.949. The Kier molecular flexibility index (Phi) is 4.71. The fourth-order valence-electron chi connectivity index (χ4n) is 2.21. The summed E-state index contributed by atoms with van der Waals surface area (Å²) in [4.78, 5) is 2.40. The minimum absolute atomic E-state index is 0.567. The molecule has 1 aromatic rings. The van der Waals surface area contributed by atoms with Gasteiger partial charge in [-0.25, -0.2) is 0 Å². The number of anilines is 1. The fraction of sp³-hybridized carbons (Fsp3) is 0.538. The van der Waals surface area contributed by atoms with Crippen LogP contribution in [0.3, 0.4) is 0 Å². The third-order valence-electron chi connectivity index (χ3n) is 3.24. The Morgan fingerprint density at radius 1 is 1.35 bits per heavy atom. The highest BCUT2D eigenvalue weighted by Gasteiger charge is 2.14. The van der Waals surface area contributed by atoms with Crippen LogP contribution in [-0.4, -0.2) is 31.1 Å². The van der Waals surface area contributed by atoms with Gasteiger partial charge < -0.3 is 10.2 Å². The Hall–Kier alpha value is -0.250. The summed E-state index contributed by atoms with van der Waals surface area (Å²) in [6, 6.07) is 6.62. The van der Waals surface area contributed by atoms with Gasteiger partial charge in [0, 0.05) is 16.2 Å². The first-order valence-corrected chi connectivity index (χ1v) is 7.22. The van der Waals surface area contributed by atoms with Gasteiger partial charge in [0.05, 0.1) is 5.02 Å². The number of nitrogens with zero attached hydrogens (tertiary/aromatic N) is 1. The van der Waals surface area contributed by atoms with E-state index >= 15 is 0 Å². The van der Waals surface area contributed by atoms with Crippen molar-refractivity contribution in [2.45, 2.75) is 25.3 Å². The molecule has 1 atom stereocenters. The van der Waals surface area contributed by atoms with Crippen molar-refractivity contribution >= 4 is 33.2 Å². The standard InChI is InChI=1S/C13H18BrClN2/c1-17-7-2-3-10(6-8-17)16-11-4-5-12(14)13(15)9-11/h4-5,9-10,16H,2-3,6-8H2,1H3. The van der Waals surface area contributed by atoms with E-state index in [2.05, 4.69) is 39.3 Å². The molecule has 1 N–H and O–H groups in total. The summed E-state index contributed by atoms with van der Waals surface area (Å²) >= 11 is 9.50. The molecule has 1 unspecified atom stereocenters. The number of benzene rings is 1. The van der Waals surface area contributed by atoms with Crippen LogP contribution in [-0.2, 0) is 0 Å². The zero-order chi connectivity index (χ0) is 12.3. The smallest absolute Gasteiger partial charge is 0.0568 e. The molecule has 2 rings (SSSR count). The second-order valence-electron chi connectivity index (χ2n) is 4.70. The van der Waals surface area contributed by atoms with Crippen molar-refractivity contribution in [3.63, 3.8) is 0 Å². The van der Waals surface area contributed by atoms with Gasteiger partial charge >= 0.3 is 0 Å². The monoisotopic (exact) mass is 316 g/mol. The van der Waals surface area contributed by atoms with Gasteiger partial charge in [-0.3, -0.25) is 0 Å². The maximum atomic E-state index is 6.09. The molecule has 17 heavy (non-hydrogen) atoms. The van der Waals surface area contributed by atoms with Gasteiger partial charge in [0.15, 0.2) is 0 Å². The third kappa shape index (κ3) is 3.87. The summed E-state index contributed by atoms with van der Waals surface area (Å²) in [6.45, 7) is 2.38. The van der Waals surface area contributed by atoms with Gasteiger partial charge in [0.25, 0.3) is 0 Å². The summed E-state index contributed by atoms with van der Waals surface area (Å²) in [6.07, 6.45) is 3.70. The first-order valence-electron chi connectivity index (χ1n) is 6.05. The molecule has 0 saturated carbocycles. The lowest BCUT2D eigenvalue weighted by atomic mass is 10.1. The molecule has 2 nitrogen and oxygen atoms in total. The molecule has 1 saturated heterocycles. The highest BCUT2D eigenvalue weighted by molar-refractivity contribution is 9.10. The highest BCUT2D eigenvalue weighted by Crippen LogP contribution is 2.26. The summed E-state index contributed by atoms with van der Waals surface area (Å²) in [5.74, 6) is 0. The van der Waals surface area contributed by atoms with E-state index in [0.29, 0.717) is 6.04 Å². The Morgan fingerprint density at radius 2 is 2.18 bits per heavy atom. The average Bonchev–Trinajstić information content (AvgIpc) is 2.49. The second kappa shape index (κ2) is 6.07. The van der Waals surface area contributed by atoms with Gasteiger partial charge in [-0.05, 0) is 73.5 Å². The first-order chi connectivity index (χ1) is 8.15. The number of hydrogen-bond acceptors (Lipinski definition) is 2. The van der Waals surface area contributed by atoms with Crippen LogP contribution in [0.4, 0.5) is 5.69 Å². The third-order valence-corrected chi connectivity index (χ3v) is 4.47. The van der Waals surface area contributed by atoms with Gasteiger partial charge in [-0.1, -0.05) is 11.6 Å². The molecule has 0 spiro atoms. The highest BCUT2D eigenvalue weighted by atomic mass is 79.9. The van der Waals surface area contributed by atoms with Gasteiger partial charge in [-0.2, -0.15) is 0 Å². The molecule has 0 aromatic heterocycles. The zero-order valence-corrected chi connectivity index (χ0v) is 12.4. The van der Waals surface area contributed by atoms with Crippen LogP contribution in [0.5, 0.6) is 0 Å². The van der Waals surface area contributed by atoms with Crippen molar-refractivity contribution in [3.05, 3.63) is 27.7 Å². The van der Waals surface area contributed by atoms with Gasteiger partial charge in [0.1, 0.15) is 0 Å². The minimum Gasteiger partial charge on any atom is -0.382 e. The van der Waals surface area contributed by atoms with Crippen LogP contribution in [0.15, 0.2) is 22.7 Å². The Labute approximate surface area is 116 Å². The summed E-state index contributed by atoms with van der Waals surface area (Å²) in [7, 11) is 2.19. The molecule has 1 fully saturated rings. The van der Waals surface area contributed by atoms with E-state index in [-0.39, 0.29) is 0 Å². The van der Waals surface area contributed by atoms with Crippen molar-refractivity contribution in [1.29, 1.82) is 0 Å². The van der Waals surface area contributed by atoms with Crippen molar-refractivity contribution in [3.8, 4) is 0 Å². The summed E-state index contributed by atoms with van der Waals surface area (Å²) in [5.41, 5.74) is 1.12. The van der Waals surface area contributed by atoms with E-state index in [1.54, 1.807) is 0 Å². The van der Waals surface area contributed by atoms with E-state index in [9.17, 15) is 0 Å². The normalized spacial score (nSPS) is 22.2. The largest absolute Gasteiger partial charge is 0.382 e. The molecule has 0 radical (unpaired) electrons. The predicted molar refractivity (Wildman–Crippen MR) is 77.9 cm³/mol. The second-order valence-corrected chi connectivity index (χ2v) is 5.97. The van der Waals surface area contributed by atoms with Gasteiger partial charge in [0.2, 0.25) is 0 Å². The van der Waals surface area contributed by atoms with E-state index in [4.69, 9.17) is 11.6 Å². The Balaban J connectivity index is 1.97. The van der Waals surface area contributed by atoms with Crippen LogP contribution in [0.25, 0.3) is 0 Å². The zero-order valence-electron chi connectivity index (χ0n) is 10.0. The maximum Gasteiger partial charge on any atom is 0.0568 e. The Morgan fingerprint density at radius 3 is 2.94 bits per heavy atom. The lowest BCUT2D eigenvalue weighted by Crippen LogP contribution is -2.22. The molecular formula is C13H18BrClN2. The molecule has 1 aliphatic heterocycles. The maximum absolute atomic E-state index is 6.09. The van der Waals surface area contributed by atoms with Crippen LogP contribution >= 0.6 is 27.5 Å². The number of likely N-dealkylation sites (tertiary alicyclic amines) is 1. The van der Waals surface area contributed by atoms with E-state index in [1.807, 2.05) is 12.1 Å². The Bertz CT molecular complexity index is 384. The van der Waals surface area contributed by atoms with Crippen molar-refractivity contribution in [1.82, 2.24) is 4.90 Å². The van der Waals surface area contributed by atoms with Crippen LogP contribution in [0.2, 0.25) is 5.02 Å².